The van der Waals surface area contributed by atoms with Gasteiger partial charge in [-0.3, -0.25) is 0 Å². The summed E-state index contributed by atoms with van der Waals surface area (Å²) in [7, 11) is 3.55. The molecule has 2 aromatic rings. The minimum Gasteiger partial charge on any atom is -0.495 e. The Balaban J connectivity index is 2.32. The Morgan fingerprint density at radius 1 is 1.11 bits per heavy atom. The molecule has 0 fully saturated rings. The molecule has 0 aliphatic carbocycles. The van der Waals surface area contributed by atoms with Gasteiger partial charge in [0, 0.05) is 24.5 Å². The van der Waals surface area contributed by atoms with E-state index in [1.165, 1.54) is 0 Å². The van der Waals surface area contributed by atoms with E-state index >= 15 is 0 Å². The summed E-state index contributed by atoms with van der Waals surface area (Å²) >= 11 is 0. The number of nitriles is 1. The van der Waals surface area contributed by atoms with Gasteiger partial charge in [0.2, 0.25) is 0 Å². The predicted octanol–water partition coefficient (Wildman–Crippen LogP) is 2.92. The molecule has 4 heteroatoms. The van der Waals surface area contributed by atoms with Crippen LogP contribution >= 0.6 is 0 Å². The van der Waals surface area contributed by atoms with Gasteiger partial charge in [-0.1, -0.05) is 0 Å². The number of benzene rings is 2. The number of methoxy groups -OCH3 is 1. The number of nitrogens with two attached hydrogens (primary N) is 1. The Hall–Kier alpha value is -2.67. The van der Waals surface area contributed by atoms with Gasteiger partial charge >= 0.3 is 0 Å². The molecule has 0 amide bonds. The molecule has 0 radical (unpaired) electrons. The molecule has 0 aliphatic rings. The largest absolute Gasteiger partial charge is 0.495 e. The normalized spacial score (nSPS) is 9.74. The maximum absolute atomic E-state index is 8.79. The number of nitrogens with zero attached hydrogens (tertiary/aromatic N) is 2. The Morgan fingerprint density at radius 3 is 2.32 bits per heavy atom. The Morgan fingerprint density at radius 2 is 1.74 bits per heavy atom. The van der Waals surface area contributed by atoms with Gasteiger partial charge < -0.3 is 15.4 Å². The summed E-state index contributed by atoms with van der Waals surface area (Å²) in [6.45, 7) is 0. The molecule has 2 N–H and O–H groups in total. The van der Waals surface area contributed by atoms with Crippen LogP contribution in [-0.4, -0.2) is 14.2 Å². The second-order valence-electron chi connectivity index (χ2n) is 4.14. The van der Waals surface area contributed by atoms with Crippen molar-refractivity contribution in [3.63, 3.8) is 0 Å². The molecule has 0 aromatic heterocycles. The highest BCUT2D eigenvalue weighted by molar-refractivity contribution is 5.68. The van der Waals surface area contributed by atoms with E-state index < -0.39 is 0 Å². The molecule has 0 unspecified atom stereocenters. The van der Waals surface area contributed by atoms with Gasteiger partial charge in [0.25, 0.3) is 0 Å². The van der Waals surface area contributed by atoms with Crippen LogP contribution in [0.5, 0.6) is 5.75 Å². The molecule has 0 bridgehead atoms. The second kappa shape index (κ2) is 5.32. The van der Waals surface area contributed by atoms with Crippen LogP contribution in [0.3, 0.4) is 0 Å². The fourth-order valence-electron chi connectivity index (χ4n) is 1.82. The first-order chi connectivity index (χ1) is 9.15. The molecule has 2 aromatic carbocycles. The van der Waals surface area contributed by atoms with Crippen molar-refractivity contribution in [3.05, 3.63) is 48.0 Å². The molecule has 4 nitrogen and oxygen atoms in total. The molecule has 0 heterocycles. The highest BCUT2D eigenvalue weighted by atomic mass is 16.5. The number of nitrogen functional groups attached to an aromatic ring is 1. The fourth-order valence-corrected chi connectivity index (χ4v) is 1.82. The van der Waals surface area contributed by atoms with Crippen LogP contribution in [0.4, 0.5) is 17.1 Å². The number of rotatable bonds is 3. The van der Waals surface area contributed by atoms with Crippen molar-refractivity contribution in [1.82, 2.24) is 0 Å². The van der Waals surface area contributed by atoms with Gasteiger partial charge in [-0.2, -0.15) is 5.26 Å². The van der Waals surface area contributed by atoms with Gasteiger partial charge in [0.1, 0.15) is 5.75 Å². The molecule has 0 atom stereocenters. The summed E-state index contributed by atoms with van der Waals surface area (Å²) < 4.78 is 5.21. The van der Waals surface area contributed by atoms with E-state index in [0.29, 0.717) is 17.0 Å². The zero-order valence-electron chi connectivity index (χ0n) is 10.9. The zero-order chi connectivity index (χ0) is 13.8. The maximum Gasteiger partial charge on any atom is 0.143 e. The third-order valence-corrected chi connectivity index (χ3v) is 2.99. The van der Waals surface area contributed by atoms with E-state index in [9.17, 15) is 0 Å². The van der Waals surface area contributed by atoms with Crippen molar-refractivity contribution in [2.45, 2.75) is 0 Å². The highest BCUT2D eigenvalue weighted by Crippen LogP contribution is 2.30. The zero-order valence-corrected chi connectivity index (χ0v) is 10.9. The Bertz CT molecular complexity index is 614. The molecule has 0 aliphatic heterocycles. The van der Waals surface area contributed by atoms with Crippen LogP contribution in [0.1, 0.15) is 5.56 Å². The smallest absolute Gasteiger partial charge is 0.143 e. The number of anilines is 3. The summed E-state index contributed by atoms with van der Waals surface area (Å²) in [6.07, 6.45) is 0. The third kappa shape index (κ3) is 2.61. The van der Waals surface area contributed by atoms with Crippen LogP contribution in [-0.2, 0) is 0 Å². The average molecular weight is 253 g/mol. The van der Waals surface area contributed by atoms with Crippen LogP contribution in [0, 0.1) is 11.3 Å². The maximum atomic E-state index is 8.79. The van der Waals surface area contributed by atoms with E-state index in [0.717, 1.165) is 11.4 Å². The molecule has 0 saturated carbocycles. The molecule has 19 heavy (non-hydrogen) atoms. The first-order valence-corrected chi connectivity index (χ1v) is 5.83. The quantitative estimate of drug-likeness (QED) is 0.854. The van der Waals surface area contributed by atoms with E-state index in [4.69, 9.17) is 15.7 Å². The van der Waals surface area contributed by atoms with Gasteiger partial charge in [-0.25, -0.2) is 0 Å². The molecule has 0 spiro atoms. The summed E-state index contributed by atoms with van der Waals surface area (Å²) in [6, 6.07) is 15.1. The fraction of sp³-hybridized carbons (Fsp3) is 0.133. The predicted molar refractivity (Wildman–Crippen MR) is 76.6 cm³/mol. The van der Waals surface area contributed by atoms with Gasteiger partial charge in [-0.05, 0) is 36.4 Å². The standard InChI is InChI=1S/C15H15N3O/c1-18(12-5-3-11(10-16)4-6-12)13-7-8-14(17)15(9-13)19-2/h3-9H,17H2,1-2H3. The third-order valence-electron chi connectivity index (χ3n) is 2.99. The molecular weight excluding hydrogens is 238 g/mol. The van der Waals surface area contributed by atoms with E-state index in [1.807, 2.05) is 42.3 Å². The van der Waals surface area contributed by atoms with Gasteiger partial charge in [0.15, 0.2) is 0 Å². The first kappa shape index (κ1) is 12.8. The van der Waals surface area contributed by atoms with E-state index in [2.05, 4.69) is 6.07 Å². The number of hydrogen-bond acceptors (Lipinski definition) is 4. The lowest BCUT2D eigenvalue weighted by Gasteiger charge is -2.20. The SMILES string of the molecule is COc1cc(N(C)c2ccc(C#N)cc2)ccc1N. The lowest BCUT2D eigenvalue weighted by Crippen LogP contribution is -2.09. The van der Waals surface area contributed by atoms with Crippen LogP contribution in [0.2, 0.25) is 0 Å². The summed E-state index contributed by atoms with van der Waals surface area (Å²) in [5.41, 5.74) is 9.01. The minimum absolute atomic E-state index is 0.611. The van der Waals surface area contributed by atoms with Crippen molar-refractivity contribution >= 4 is 17.1 Å². The lowest BCUT2D eigenvalue weighted by atomic mass is 10.2. The van der Waals surface area contributed by atoms with Crippen LogP contribution < -0.4 is 15.4 Å². The number of hydrogen-bond donors (Lipinski definition) is 1. The van der Waals surface area contributed by atoms with Crippen molar-refractivity contribution in [1.29, 1.82) is 5.26 Å². The molecule has 96 valence electrons. The number of ether oxygens (including phenoxy) is 1. The molecular formula is C15H15N3O. The Kier molecular flexibility index (Phi) is 3.58. The second-order valence-corrected chi connectivity index (χ2v) is 4.14. The summed E-state index contributed by atoms with van der Waals surface area (Å²) in [4.78, 5) is 2.00. The molecule has 0 saturated heterocycles. The van der Waals surface area contributed by atoms with Crippen LogP contribution in [0.15, 0.2) is 42.5 Å². The minimum atomic E-state index is 0.611. The van der Waals surface area contributed by atoms with Crippen molar-refractivity contribution < 1.29 is 4.74 Å². The highest BCUT2D eigenvalue weighted by Gasteiger charge is 2.07. The Labute approximate surface area is 112 Å². The van der Waals surface area contributed by atoms with Crippen molar-refractivity contribution in [2.24, 2.45) is 0 Å². The monoisotopic (exact) mass is 253 g/mol. The van der Waals surface area contributed by atoms with E-state index in [1.54, 1.807) is 19.2 Å². The first-order valence-electron chi connectivity index (χ1n) is 5.83. The van der Waals surface area contributed by atoms with Crippen molar-refractivity contribution in [3.8, 4) is 11.8 Å². The van der Waals surface area contributed by atoms with Gasteiger partial charge in [0.05, 0.1) is 24.4 Å². The van der Waals surface area contributed by atoms with E-state index in [-0.39, 0.29) is 0 Å². The lowest BCUT2D eigenvalue weighted by molar-refractivity contribution is 0.417. The van der Waals surface area contributed by atoms with Gasteiger partial charge in [-0.15, -0.1) is 0 Å². The van der Waals surface area contributed by atoms with Crippen LogP contribution in [0.25, 0.3) is 0 Å². The summed E-state index contributed by atoms with van der Waals surface area (Å²) in [5, 5.41) is 8.79. The average Bonchev–Trinajstić information content (AvgIpc) is 2.47. The summed E-state index contributed by atoms with van der Waals surface area (Å²) in [5.74, 6) is 0.651. The van der Waals surface area contributed by atoms with Crippen molar-refractivity contribution in [2.75, 3.05) is 24.8 Å². The topological polar surface area (TPSA) is 62.3 Å². The molecule has 2 rings (SSSR count).